The van der Waals surface area contributed by atoms with Crippen LogP contribution in [0, 0.1) is 6.92 Å². The van der Waals surface area contributed by atoms with Gasteiger partial charge in [0, 0.05) is 12.8 Å². The molecular formula is C11H16N4O. The fourth-order valence-corrected chi connectivity index (χ4v) is 1.63. The Bertz CT molecular complexity index is 506. The zero-order chi connectivity index (χ0) is 11.7. The van der Waals surface area contributed by atoms with Crippen LogP contribution in [0.5, 0.6) is 0 Å². The number of pyridine rings is 1. The Morgan fingerprint density at radius 1 is 1.44 bits per heavy atom. The normalized spacial score (nSPS) is 13.2. The van der Waals surface area contributed by atoms with Crippen molar-refractivity contribution in [3.05, 3.63) is 17.8 Å². The topological polar surface area (TPSA) is 66.0 Å². The number of anilines is 1. The van der Waals surface area contributed by atoms with E-state index in [1.54, 1.807) is 7.11 Å². The highest BCUT2D eigenvalue weighted by Gasteiger charge is 2.11. The molecule has 0 saturated heterocycles. The summed E-state index contributed by atoms with van der Waals surface area (Å²) in [5.41, 5.74) is 8.47. The van der Waals surface area contributed by atoms with E-state index in [1.807, 2.05) is 30.5 Å². The van der Waals surface area contributed by atoms with Crippen LogP contribution in [0.3, 0.4) is 0 Å². The summed E-state index contributed by atoms with van der Waals surface area (Å²) in [6.45, 7) is 4.60. The predicted octanol–water partition coefficient (Wildman–Crippen LogP) is 1.36. The Balaban J connectivity index is 2.50. The zero-order valence-corrected chi connectivity index (χ0v) is 9.77. The van der Waals surface area contributed by atoms with Crippen LogP contribution in [0.15, 0.2) is 12.1 Å². The molecule has 0 fully saturated rings. The Labute approximate surface area is 94.2 Å². The molecule has 2 rings (SSSR count). The minimum Gasteiger partial charge on any atom is -0.380 e. The minimum absolute atomic E-state index is 0.0852. The average Bonchev–Trinajstić information content (AvgIpc) is 2.55. The van der Waals surface area contributed by atoms with E-state index in [9.17, 15) is 0 Å². The Morgan fingerprint density at radius 3 is 2.88 bits per heavy atom. The summed E-state index contributed by atoms with van der Waals surface area (Å²) >= 11 is 0. The second-order valence-electron chi connectivity index (χ2n) is 3.92. The van der Waals surface area contributed by atoms with Gasteiger partial charge in [-0.1, -0.05) is 0 Å². The summed E-state index contributed by atoms with van der Waals surface area (Å²) in [4.78, 5) is 8.71. The first-order valence-electron chi connectivity index (χ1n) is 5.24. The van der Waals surface area contributed by atoms with Crippen LogP contribution in [0.25, 0.3) is 11.2 Å². The number of hydrogen-bond acceptors (Lipinski definition) is 4. The summed E-state index contributed by atoms with van der Waals surface area (Å²) in [5, 5.41) is 0. The Hall–Kier alpha value is -1.62. The summed E-state index contributed by atoms with van der Waals surface area (Å²) in [6.07, 6.45) is 0.0852. The number of nitrogens with two attached hydrogens (primary N) is 1. The molecule has 0 radical (unpaired) electrons. The van der Waals surface area contributed by atoms with Crippen molar-refractivity contribution in [2.75, 3.05) is 12.8 Å². The lowest BCUT2D eigenvalue weighted by Crippen LogP contribution is -2.16. The van der Waals surface area contributed by atoms with Crippen molar-refractivity contribution in [2.24, 2.45) is 0 Å². The standard InChI is InChI=1S/C11H16N4O/c1-7-4-5-9-10(13-7)15(11(12)14-9)6-8(2)16-3/h4-5,8H,6H2,1-3H3,(H2,12,14). The molecule has 2 N–H and O–H groups in total. The summed E-state index contributed by atoms with van der Waals surface area (Å²) in [6, 6.07) is 3.86. The summed E-state index contributed by atoms with van der Waals surface area (Å²) in [5.74, 6) is 0.483. The molecule has 1 atom stereocenters. The highest BCUT2D eigenvalue weighted by Crippen LogP contribution is 2.17. The van der Waals surface area contributed by atoms with Crippen LogP contribution in [-0.2, 0) is 11.3 Å². The van der Waals surface area contributed by atoms with Gasteiger partial charge in [-0.25, -0.2) is 9.97 Å². The lowest BCUT2D eigenvalue weighted by atomic mass is 10.3. The molecule has 2 aromatic rings. The van der Waals surface area contributed by atoms with Crippen LogP contribution in [-0.4, -0.2) is 27.7 Å². The quantitative estimate of drug-likeness (QED) is 0.848. The van der Waals surface area contributed by atoms with Gasteiger partial charge >= 0.3 is 0 Å². The lowest BCUT2D eigenvalue weighted by Gasteiger charge is -2.11. The molecule has 0 spiro atoms. The molecule has 0 saturated carbocycles. The van der Waals surface area contributed by atoms with Gasteiger partial charge in [-0.3, -0.25) is 4.57 Å². The van der Waals surface area contributed by atoms with Gasteiger partial charge in [-0.2, -0.15) is 0 Å². The number of aryl methyl sites for hydroxylation is 1. The molecule has 0 aromatic carbocycles. The van der Waals surface area contributed by atoms with Crippen LogP contribution < -0.4 is 5.73 Å². The van der Waals surface area contributed by atoms with Crippen LogP contribution in [0.2, 0.25) is 0 Å². The fourth-order valence-electron chi connectivity index (χ4n) is 1.63. The molecule has 2 heterocycles. The number of imidazole rings is 1. The maximum absolute atomic E-state index is 5.86. The van der Waals surface area contributed by atoms with Crippen molar-refractivity contribution >= 4 is 17.1 Å². The van der Waals surface area contributed by atoms with Crippen LogP contribution in [0.1, 0.15) is 12.6 Å². The van der Waals surface area contributed by atoms with Crippen molar-refractivity contribution < 1.29 is 4.74 Å². The first-order chi connectivity index (χ1) is 7.61. The Kier molecular flexibility index (Phi) is 2.78. The van der Waals surface area contributed by atoms with E-state index < -0.39 is 0 Å². The number of fused-ring (bicyclic) bond motifs is 1. The maximum Gasteiger partial charge on any atom is 0.202 e. The third-order valence-corrected chi connectivity index (χ3v) is 2.60. The molecule has 5 nitrogen and oxygen atoms in total. The van der Waals surface area contributed by atoms with Crippen molar-refractivity contribution in [3.63, 3.8) is 0 Å². The van der Waals surface area contributed by atoms with Gasteiger partial charge in [0.05, 0.1) is 12.6 Å². The third-order valence-electron chi connectivity index (χ3n) is 2.60. The number of nitrogen functional groups attached to an aromatic ring is 1. The van der Waals surface area contributed by atoms with E-state index in [4.69, 9.17) is 10.5 Å². The Morgan fingerprint density at radius 2 is 2.19 bits per heavy atom. The number of aromatic nitrogens is 3. The van der Waals surface area contributed by atoms with Crippen molar-refractivity contribution in [3.8, 4) is 0 Å². The second-order valence-corrected chi connectivity index (χ2v) is 3.92. The van der Waals surface area contributed by atoms with E-state index in [0.29, 0.717) is 12.5 Å². The summed E-state index contributed by atoms with van der Waals surface area (Å²) in [7, 11) is 1.68. The van der Waals surface area contributed by atoms with Crippen molar-refractivity contribution in [1.82, 2.24) is 14.5 Å². The number of hydrogen-bond donors (Lipinski definition) is 1. The molecule has 5 heteroatoms. The van der Waals surface area contributed by atoms with E-state index in [2.05, 4.69) is 9.97 Å². The van der Waals surface area contributed by atoms with Gasteiger partial charge in [0.2, 0.25) is 5.95 Å². The van der Waals surface area contributed by atoms with Crippen molar-refractivity contribution in [2.45, 2.75) is 26.5 Å². The van der Waals surface area contributed by atoms with E-state index in [1.165, 1.54) is 0 Å². The molecule has 0 amide bonds. The van der Waals surface area contributed by atoms with Gasteiger partial charge in [-0.05, 0) is 26.0 Å². The fraction of sp³-hybridized carbons (Fsp3) is 0.455. The average molecular weight is 220 g/mol. The molecule has 0 bridgehead atoms. The number of rotatable bonds is 3. The number of methoxy groups -OCH3 is 1. The monoisotopic (exact) mass is 220 g/mol. The smallest absolute Gasteiger partial charge is 0.202 e. The first kappa shape index (κ1) is 10.9. The SMILES string of the molecule is COC(C)Cn1c(N)nc2ccc(C)nc21. The second kappa shape index (κ2) is 4.09. The van der Waals surface area contributed by atoms with Gasteiger partial charge in [-0.15, -0.1) is 0 Å². The van der Waals surface area contributed by atoms with Crippen LogP contribution in [0.4, 0.5) is 5.95 Å². The molecule has 16 heavy (non-hydrogen) atoms. The zero-order valence-electron chi connectivity index (χ0n) is 9.77. The predicted molar refractivity (Wildman–Crippen MR) is 63.1 cm³/mol. The van der Waals surface area contributed by atoms with Gasteiger partial charge in [0.25, 0.3) is 0 Å². The number of ether oxygens (including phenoxy) is 1. The molecule has 0 aliphatic heterocycles. The van der Waals surface area contributed by atoms with Gasteiger partial charge < -0.3 is 10.5 Å². The highest BCUT2D eigenvalue weighted by atomic mass is 16.5. The van der Waals surface area contributed by atoms with E-state index in [-0.39, 0.29) is 6.10 Å². The van der Waals surface area contributed by atoms with Gasteiger partial charge in [0.1, 0.15) is 5.52 Å². The highest BCUT2D eigenvalue weighted by molar-refractivity contribution is 5.74. The van der Waals surface area contributed by atoms with E-state index in [0.717, 1.165) is 16.9 Å². The maximum atomic E-state index is 5.86. The molecular weight excluding hydrogens is 204 g/mol. The molecule has 0 aliphatic rings. The largest absolute Gasteiger partial charge is 0.380 e. The third kappa shape index (κ3) is 1.86. The molecule has 1 unspecified atom stereocenters. The molecule has 2 aromatic heterocycles. The molecule has 0 aliphatic carbocycles. The molecule has 86 valence electrons. The lowest BCUT2D eigenvalue weighted by molar-refractivity contribution is 0.104. The summed E-state index contributed by atoms with van der Waals surface area (Å²) < 4.78 is 7.11. The minimum atomic E-state index is 0.0852. The first-order valence-corrected chi connectivity index (χ1v) is 5.24. The van der Waals surface area contributed by atoms with Crippen LogP contribution >= 0.6 is 0 Å². The van der Waals surface area contributed by atoms with Crippen molar-refractivity contribution in [1.29, 1.82) is 0 Å². The van der Waals surface area contributed by atoms with Gasteiger partial charge in [0.15, 0.2) is 5.65 Å². The number of nitrogens with zero attached hydrogens (tertiary/aromatic N) is 3. The van der Waals surface area contributed by atoms with E-state index >= 15 is 0 Å².